The maximum Gasteiger partial charge on any atom is 0.233 e. The van der Waals surface area contributed by atoms with Crippen molar-refractivity contribution in [1.82, 2.24) is 15.5 Å². The third-order valence-corrected chi connectivity index (χ3v) is 4.11. The third kappa shape index (κ3) is 7.38. The lowest BCUT2D eigenvalue weighted by atomic mass is 10.0. The number of aromatic nitrogens is 2. The fourth-order valence-electron chi connectivity index (χ4n) is 2.33. The average Bonchev–Trinajstić information content (AvgIpc) is 2.66. The van der Waals surface area contributed by atoms with E-state index in [-0.39, 0.29) is 12.1 Å². The molecule has 0 radical (unpaired) electrons. The van der Waals surface area contributed by atoms with E-state index < -0.39 is 6.10 Å². The summed E-state index contributed by atoms with van der Waals surface area (Å²) in [5.74, 6) is 6.96. The van der Waals surface area contributed by atoms with Gasteiger partial charge in [0.2, 0.25) is 5.88 Å². The van der Waals surface area contributed by atoms with E-state index in [9.17, 15) is 5.11 Å². The van der Waals surface area contributed by atoms with Crippen LogP contribution in [0.15, 0.2) is 36.4 Å². The van der Waals surface area contributed by atoms with E-state index in [1.54, 1.807) is 12.1 Å². The predicted molar refractivity (Wildman–Crippen MR) is 105 cm³/mol. The second kappa shape index (κ2) is 10.1. The van der Waals surface area contributed by atoms with Crippen LogP contribution in [0.5, 0.6) is 11.6 Å². The Morgan fingerprint density at radius 1 is 1.15 bits per heavy atom. The molecule has 0 aliphatic rings. The summed E-state index contributed by atoms with van der Waals surface area (Å²) in [6, 6.07) is 11.1. The van der Waals surface area contributed by atoms with Crippen molar-refractivity contribution in [3.05, 3.63) is 42.0 Å². The zero-order chi connectivity index (χ0) is 19.7. The largest absolute Gasteiger partial charge is 0.491 e. The van der Waals surface area contributed by atoms with Gasteiger partial charge in [-0.15, -0.1) is 10.2 Å². The van der Waals surface area contributed by atoms with Crippen molar-refractivity contribution in [3.63, 3.8) is 0 Å². The Morgan fingerprint density at radius 2 is 1.93 bits per heavy atom. The van der Waals surface area contributed by atoms with Gasteiger partial charge in [0.15, 0.2) is 5.82 Å². The Morgan fingerprint density at radius 3 is 2.59 bits per heavy atom. The highest BCUT2D eigenvalue weighted by atomic mass is 16.5. The number of hydrogen-bond acceptors (Lipinski definition) is 8. The van der Waals surface area contributed by atoms with Crippen molar-refractivity contribution in [1.29, 1.82) is 0 Å². The van der Waals surface area contributed by atoms with Crippen LogP contribution in [-0.4, -0.2) is 46.7 Å². The summed E-state index contributed by atoms with van der Waals surface area (Å²) >= 11 is 0. The number of para-hydroxylation sites is 1. The summed E-state index contributed by atoms with van der Waals surface area (Å²) in [4.78, 5) is 0. The second-order valence-electron chi connectivity index (χ2n) is 6.99. The van der Waals surface area contributed by atoms with E-state index in [0.29, 0.717) is 24.8 Å². The topological polar surface area (TPSA) is 115 Å². The van der Waals surface area contributed by atoms with Gasteiger partial charge >= 0.3 is 0 Å². The van der Waals surface area contributed by atoms with Crippen LogP contribution in [0, 0.1) is 6.92 Å². The zero-order valence-electron chi connectivity index (χ0n) is 16.1. The minimum atomic E-state index is -0.605. The number of rotatable bonds is 11. The first kappa shape index (κ1) is 20.9. The number of nitrogens with zero attached hydrogens (tertiary/aromatic N) is 2. The first-order chi connectivity index (χ1) is 12.9. The van der Waals surface area contributed by atoms with Crippen molar-refractivity contribution in [2.75, 3.05) is 25.2 Å². The maximum absolute atomic E-state index is 10.2. The lowest BCUT2D eigenvalue weighted by Crippen LogP contribution is -2.45. The van der Waals surface area contributed by atoms with Crippen LogP contribution in [0.25, 0.3) is 0 Å². The van der Waals surface area contributed by atoms with Gasteiger partial charge in [-0.05, 0) is 44.9 Å². The summed E-state index contributed by atoms with van der Waals surface area (Å²) in [6.07, 6.45) is 0.128. The molecule has 1 heterocycles. The number of anilines is 1. The summed E-state index contributed by atoms with van der Waals surface area (Å²) in [7, 11) is 0. The van der Waals surface area contributed by atoms with Crippen molar-refractivity contribution in [2.24, 2.45) is 5.84 Å². The summed E-state index contributed by atoms with van der Waals surface area (Å²) < 4.78 is 11.3. The Balaban J connectivity index is 1.67. The first-order valence-corrected chi connectivity index (χ1v) is 8.94. The van der Waals surface area contributed by atoms with Crippen LogP contribution in [0.1, 0.15) is 25.8 Å². The minimum absolute atomic E-state index is 0.212. The number of hydrogen-bond donors (Lipinski definition) is 4. The highest BCUT2D eigenvalue weighted by molar-refractivity contribution is 5.32. The summed E-state index contributed by atoms with van der Waals surface area (Å²) in [6.45, 7) is 7.22. The quantitative estimate of drug-likeness (QED) is 0.346. The second-order valence-corrected chi connectivity index (χ2v) is 6.99. The molecule has 8 nitrogen and oxygen atoms in total. The SMILES string of the molecule is Cc1ccccc1OCC(O)CNC(C)(C)CCOc1ccc(NN)nn1. The van der Waals surface area contributed by atoms with Gasteiger partial charge in [0.25, 0.3) is 0 Å². The van der Waals surface area contributed by atoms with Gasteiger partial charge < -0.3 is 25.3 Å². The molecule has 8 heteroatoms. The molecule has 0 saturated carbocycles. The molecule has 148 valence electrons. The molecule has 1 atom stereocenters. The molecule has 2 aromatic rings. The molecule has 1 aromatic heterocycles. The van der Waals surface area contributed by atoms with E-state index in [2.05, 4.69) is 34.8 Å². The standard InChI is InChI=1S/C19H29N5O3/c1-14-6-4-5-7-16(14)27-13-15(25)12-21-19(2,3)10-11-26-18-9-8-17(22-20)23-24-18/h4-9,15,21,25H,10-13,20H2,1-3H3,(H,22,23). The van der Waals surface area contributed by atoms with Gasteiger partial charge in [-0.3, -0.25) is 0 Å². The van der Waals surface area contributed by atoms with Crippen LogP contribution in [0.2, 0.25) is 0 Å². The molecule has 2 rings (SSSR count). The van der Waals surface area contributed by atoms with E-state index in [1.165, 1.54) is 0 Å². The number of benzene rings is 1. The smallest absolute Gasteiger partial charge is 0.233 e. The normalized spacial score (nSPS) is 12.5. The number of nitrogens with one attached hydrogen (secondary N) is 2. The number of nitrogen functional groups attached to an aromatic ring is 1. The molecule has 27 heavy (non-hydrogen) atoms. The van der Waals surface area contributed by atoms with E-state index in [1.807, 2.05) is 31.2 Å². The van der Waals surface area contributed by atoms with Crippen molar-refractivity contribution >= 4 is 5.82 Å². The number of aliphatic hydroxyl groups is 1. The molecule has 0 bridgehead atoms. The maximum atomic E-state index is 10.2. The lowest BCUT2D eigenvalue weighted by Gasteiger charge is -2.27. The third-order valence-electron chi connectivity index (χ3n) is 4.11. The fourth-order valence-corrected chi connectivity index (χ4v) is 2.33. The predicted octanol–water partition coefficient (Wildman–Crippen LogP) is 1.65. The van der Waals surface area contributed by atoms with E-state index in [0.717, 1.165) is 17.7 Å². The fraction of sp³-hybridized carbons (Fsp3) is 0.474. The number of nitrogens with two attached hydrogens (primary N) is 1. The molecular weight excluding hydrogens is 346 g/mol. The van der Waals surface area contributed by atoms with Crippen LogP contribution >= 0.6 is 0 Å². The molecule has 0 aliphatic carbocycles. The number of β-amino-alcohol motifs (C(OH)–C–C–N with tert-alkyl or cyclic N) is 1. The van der Waals surface area contributed by atoms with Gasteiger partial charge in [-0.2, -0.15) is 0 Å². The Labute approximate surface area is 160 Å². The van der Waals surface area contributed by atoms with Crippen LogP contribution in [0.3, 0.4) is 0 Å². The Kier molecular flexibility index (Phi) is 7.78. The number of aliphatic hydroxyl groups excluding tert-OH is 1. The van der Waals surface area contributed by atoms with Gasteiger partial charge in [-0.25, -0.2) is 5.84 Å². The molecule has 0 aliphatic heterocycles. The van der Waals surface area contributed by atoms with Gasteiger partial charge in [-0.1, -0.05) is 18.2 Å². The van der Waals surface area contributed by atoms with Crippen LogP contribution < -0.4 is 26.1 Å². The van der Waals surface area contributed by atoms with Crippen molar-refractivity contribution in [3.8, 4) is 11.6 Å². The van der Waals surface area contributed by atoms with Crippen molar-refractivity contribution in [2.45, 2.75) is 38.8 Å². The number of aryl methyl sites for hydroxylation is 1. The lowest BCUT2D eigenvalue weighted by molar-refractivity contribution is 0.0961. The highest BCUT2D eigenvalue weighted by Crippen LogP contribution is 2.16. The van der Waals surface area contributed by atoms with Gasteiger partial charge in [0.1, 0.15) is 18.5 Å². The van der Waals surface area contributed by atoms with E-state index in [4.69, 9.17) is 15.3 Å². The van der Waals surface area contributed by atoms with Crippen molar-refractivity contribution < 1.29 is 14.6 Å². The molecule has 0 fully saturated rings. The number of hydrazine groups is 1. The Bertz CT molecular complexity index is 694. The molecule has 0 spiro atoms. The first-order valence-electron chi connectivity index (χ1n) is 8.94. The van der Waals surface area contributed by atoms with Crippen LogP contribution in [0.4, 0.5) is 5.82 Å². The number of ether oxygens (including phenoxy) is 2. The average molecular weight is 375 g/mol. The minimum Gasteiger partial charge on any atom is -0.491 e. The molecule has 0 amide bonds. The monoisotopic (exact) mass is 375 g/mol. The summed E-state index contributed by atoms with van der Waals surface area (Å²) in [5, 5.41) is 21.3. The van der Waals surface area contributed by atoms with Gasteiger partial charge in [0, 0.05) is 18.2 Å². The molecular formula is C19H29N5O3. The molecule has 0 saturated heterocycles. The molecule has 1 aromatic carbocycles. The van der Waals surface area contributed by atoms with E-state index >= 15 is 0 Å². The summed E-state index contributed by atoms with van der Waals surface area (Å²) in [5.41, 5.74) is 3.25. The Hall–Kier alpha value is -2.42. The zero-order valence-corrected chi connectivity index (χ0v) is 16.1. The molecule has 5 N–H and O–H groups in total. The van der Waals surface area contributed by atoms with Crippen LogP contribution in [-0.2, 0) is 0 Å². The molecule has 1 unspecified atom stereocenters. The van der Waals surface area contributed by atoms with Gasteiger partial charge in [0.05, 0.1) is 6.61 Å². The highest BCUT2D eigenvalue weighted by Gasteiger charge is 2.19.